The van der Waals surface area contributed by atoms with Crippen molar-refractivity contribution >= 4 is 11.6 Å². The van der Waals surface area contributed by atoms with E-state index in [0.717, 1.165) is 30.7 Å². The summed E-state index contributed by atoms with van der Waals surface area (Å²) < 4.78 is 6.64. The van der Waals surface area contributed by atoms with Gasteiger partial charge >= 0.3 is 0 Å². The lowest BCUT2D eigenvalue weighted by atomic mass is 9.90. The molecular weight excluding hydrogens is 362 g/mol. The van der Waals surface area contributed by atoms with Crippen molar-refractivity contribution in [3.05, 3.63) is 64.7 Å². The van der Waals surface area contributed by atoms with Gasteiger partial charge in [-0.05, 0) is 25.5 Å². The number of hydrogen-bond donors (Lipinski definition) is 0. The van der Waals surface area contributed by atoms with Gasteiger partial charge in [-0.3, -0.25) is 4.79 Å². The Bertz CT molecular complexity index is 988. The number of ether oxygens (including phenoxy) is 1. The van der Waals surface area contributed by atoms with Crippen LogP contribution in [-0.4, -0.2) is 40.3 Å². The highest BCUT2D eigenvalue weighted by Crippen LogP contribution is 2.50. The zero-order chi connectivity index (χ0) is 20.2. The highest BCUT2D eigenvalue weighted by Gasteiger charge is 2.52. The van der Waals surface area contributed by atoms with Crippen LogP contribution in [0.25, 0.3) is 0 Å². The lowest BCUT2D eigenvalue weighted by Gasteiger charge is -2.51. The zero-order valence-corrected chi connectivity index (χ0v) is 17.3. The highest BCUT2D eigenvalue weighted by molar-refractivity contribution is 6.02. The fourth-order valence-corrected chi connectivity index (χ4v) is 4.82. The Kier molecular flexibility index (Phi) is 4.16. The Hall–Kier alpha value is -2.82. The van der Waals surface area contributed by atoms with Gasteiger partial charge in [0.15, 0.2) is 0 Å². The smallest absolute Gasteiger partial charge is 0.219 e. The molecule has 1 unspecified atom stereocenters. The molecule has 1 spiro atoms. The van der Waals surface area contributed by atoms with Crippen LogP contribution >= 0.6 is 0 Å². The summed E-state index contributed by atoms with van der Waals surface area (Å²) in [6.45, 7) is 7.28. The van der Waals surface area contributed by atoms with Gasteiger partial charge in [0, 0.05) is 44.8 Å². The van der Waals surface area contributed by atoms with E-state index in [1.54, 1.807) is 6.92 Å². The Labute approximate surface area is 172 Å². The minimum absolute atomic E-state index is 0.133. The second-order valence-electron chi connectivity index (χ2n) is 8.57. The van der Waals surface area contributed by atoms with Crippen molar-refractivity contribution in [3.63, 3.8) is 0 Å². The molecule has 150 valence electrons. The Morgan fingerprint density at radius 2 is 1.76 bits per heavy atom. The topological polar surface area (TPSA) is 45.1 Å². The number of aryl methyl sites for hydroxylation is 2. The normalized spacial score (nSPS) is 22.0. The van der Waals surface area contributed by atoms with E-state index in [-0.39, 0.29) is 11.9 Å². The van der Waals surface area contributed by atoms with E-state index in [2.05, 4.69) is 61.3 Å². The van der Waals surface area contributed by atoms with Crippen LogP contribution in [0.3, 0.4) is 0 Å². The maximum Gasteiger partial charge on any atom is 0.219 e. The van der Waals surface area contributed by atoms with E-state index < -0.39 is 5.72 Å². The fourth-order valence-electron chi connectivity index (χ4n) is 4.82. The fraction of sp³-hybridized carbons (Fsp3) is 0.417. The number of nitrogens with zero attached hydrogens (tertiary/aromatic N) is 3. The van der Waals surface area contributed by atoms with E-state index >= 15 is 0 Å². The Morgan fingerprint density at radius 3 is 2.45 bits per heavy atom. The first-order valence-electron chi connectivity index (χ1n) is 10.4. The molecule has 5 nitrogen and oxygen atoms in total. The summed E-state index contributed by atoms with van der Waals surface area (Å²) in [7, 11) is 0. The van der Waals surface area contributed by atoms with Gasteiger partial charge in [-0.2, -0.15) is 5.10 Å². The molecule has 0 saturated carbocycles. The molecule has 3 aliphatic heterocycles. The van der Waals surface area contributed by atoms with Crippen LogP contribution in [0.1, 0.15) is 54.5 Å². The number of carbonyl (C=O) groups is 1. The standard InChI is InChI=1S/C24H27N3O2/c1-16-4-7-19(8-5-16)21-15-22-20-14-17(2)6-9-23(20)29-24(27(22)25-21)10-12-26(13-11-24)18(3)28/h4-9,14,22H,10-13,15H2,1-3H3. The van der Waals surface area contributed by atoms with Crippen molar-refractivity contribution < 1.29 is 9.53 Å². The van der Waals surface area contributed by atoms with E-state index in [1.165, 1.54) is 22.3 Å². The number of amides is 1. The lowest BCUT2D eigenvalue weighted by molar-refractivity contribution is -0.158. The first-order chi connectivity index (χ1) is 13.9. The van der Waals surface area contributed by atoms with Gasteiger partial charge in [-0.1, -0.05) is 47.5 Å². The number of benzene rings is 2. The molecule has 5 rings (SSSR count). The van der Waals surface area contributed by atoms with Gasteiger partial charge in [-0.15, -0.1) is 0 Å². The molecule has 0 aromatic heterocycles. The predicted molar refractivity (Wildman–Crippen MR) is 113 cm³/mol. The molecule has 1 atom stereocenters. The van der Waals surface area contributed by atoms with Crippen molar-refractivity contribution in [2.45, 2.75) is 51.8 Å². The van der Waals surface area contributed by atoms with Gasteiger partial charge in [0.1, 0.15) is 5.75 Å². The van der Waals surface area contributed by atoms with Gasteiger partial charge in [0.2, 0.25) is 11.6 Å². The van der Waals surface area contributed by atoms with Crippen LogP contribution in [0.15, 0.2) is 47.6 Å². The minimum Gasteiger partial charge on any atom is -0.466 e. The van der Waals surface area contributed by atoms with Crippen LogP contribution in [0.5, 0.6) is 5.75 Å². The number of hydrazone groups is 1. The monoisotopic (exact) mass is 389 g/mol. The van der Waals surface area contributed by atoms with Crippen molar-refractivity contribution in [2.24, 2.45) is 5.10 Å². The third-order valence-corrected chi connectivity index (χ3v) is 6.53. The molecule has 1 fully saturated rings. The zero-order valence-electron chi connectivity index (χ0n) is 17.3. The molecule has 3 aliphatic rings. The molecule has 0 aliphatic carbocycles. The molecule has 3 heterocycles. The minimum atomic E-state index is -0.481. The van der Waals surface area contributed by atoms with E-state index in [9.17, 15) is 4.79 Å². The molecule has 2 aromatic rings. The number of likely N-dealkylation sites (tertiary alicyclic amines) is 1. The Morgan fingerprint density at radius 1 is 1.07 bits per heavy atom. The molecule has 2 aromatic carbocycles. The summed E-state index contributed by atoms with van der Waals surface area (Å²) in [5.74, 6) is 1.10. The first-order valence-corrected chi connectivity index (χ1v) is 10.4. The SMILES string of the molecule is CC(=O)N1CCC2(CC1)Oc1ccc(C)cc1C1CC(c3ccc(C)cc3)=NN12. The second-order valence-corrected chi connectivity index (χ2v) is 8.57. The first kappa shape index (κ1) is 18.2. The molecule has 0 bridgehead atoms. The number of piperidine rings is 1. The largest absolute Gasteiger partial charge is 0.466 e. The molecule has 0 N–H and O–H groups in total. The quantitative estimate of drug-likeness (QED) is 0.735. The third-order valence-electron chi connectivity index (χ3n) is 6.53. The van der Waals surface area contributed by atoms with Gasteiger partial charge in [0.25, 0.3) is 0 Å². The van der Waals surface area contributed by atoms with Gasteiger partial charge in [-0.25, -0.2) is 5.01 Å². The van der Waals surface area contributed by atoms with Crippen molar-refractivity contribution in [1.82, 2.24) is 9.91 Å². The van der Waals surface area contributed by atoms with Crippen LogP contribution in [0.2, 0.25) is 0 Å². The number of fused-ring (bicyclic) bond motifs is 4. The van der Waals surface area contributed by atoms with Crippen LogP contribution in [0.4, 0.5) is 0 Å². The van der Waals surface area contributed by atoms with E-state index in [1.807, 2.05) is 4.90 Å². The average molecular weight is 389 g/mol. The number of carbonyl (C=O) groups excluding carboxylic acids is 1. The van der Waals surface area contributed by atoms with Crippen LogP contribution in [0, 0.1) is 13.8 Å². The van der Waals surface area contributed by atoms with Gasteiger partial charge < -0.3 is 9.64 Å². The molecule has 29 heavy (non-hydrogen) atoms. The van der Waals surface area contributed by atoms with E-state index in [0.29, 0.717) is 13.1 Å². The Balaban J connectivity index is 1.55. The second kappa shape index (κ2) is 6.61. The summed E-state index contributed by atoms with van der Waals surface area (Å²) in [5.41, 5.74) is 5.51. The maximum atomic E-state index is 11.8. The molecular formula is C24H27N3O2. The summed E-state index contributed by atoms with van der Waals surface area (Å²) in [5, 5.41) is 7.32. The summed E-state index contributed by atoms with van der Waals surface area (Å²) in [6, 6.07) is 15.2. The average Bonchev–Trinajstić information content (AvgIpc) is 3.16. The molecule has 1 amide bonds. The van der Waals surface area contributed by atoms with Crippen molar-refractivity contribution in [2.75, 3.05) is 13.1 Å². The summed E-state index contributed by atoms with van der Waals surface area (Å²) in [6.07, 6.45) is 2.41. The molecule has 1 saturated heterocycles. The van der Waals surface area contributed by atoms with Gasteiger partial charge in [0.05, 0.1) is 11.8 Å². The third kappa shape index (κ3) is 3.00. The highest BCUT2D eigenvalue weighted by atomic mass is 16.5. The van der Waals surface area contributed by atoms with Crippen molar-refractivity contribution in [3.8, 4) is 5.75 Å². The predicted octanol–water partition coefficient (Wildman–Crippen LogP) is 4.19. The maximum absolute atomic E-state index is 11.8. The van der Waals surface area contributed by atoms with Crippen LogP contribution in [-0.2, 0) is 4.79 Å². The number of hydrogen-bond acceptors (Lipinski definition) is 4. The lowest BCUT2D eigenvalue weighted by Crippen LogP contribution is -2.59. The summed E-state index contributed by atoms with van der Waals surface area (Å²) in [4.78, 5) is 13.8. The van der Waals surface area contributed by atoms with Crippen molar-refractivity contribution in [1.29, 1.82) is 0 Å². The molecule has 5 heteroatoms. The number of rotatable bonds is 1. The summed E-state index contributed by atoms with van der Waals surface area (Å²) >= 11 is 0. The van der Waals surface area contributed by atoms with E-state index in [4.69, 9.17) is 9.84 Å². The molecule has 0 radical (unpaired) electrons. The van der Waals surface area contributed by atoms with Crippen LogP contribution < -0.4 is 4.74 Å².